The molecule has 132 valence electrons. The highest BCUT2D eigenvalue weighted by Gasteiger charge is 1.94. The molecule has 0 bridgehead atoms. The Balaban J connectivity index is 0. The number of rotatable bonds is 16. The van der Waals surface area contributed by atoms with Gasteiger partial charge in [0.15, 0.2) is 0 Å². The van der Waals surface area contributed by atoms with Crippen molar-refractivity contribution in [2.24, 2.45) is 0 Å². The van der Waals surface area contributed by atoms with Crippen LogP contribution in [0, 0.1) is 5.41 Å². The summed E-state index contributed by atoms with van der Waals surface area (Å²) in [5.41, 5.74) is 0. The molecule has 0 aromatic rings. The van der Waals surface area contributed by atoms with Crippen molar-refractivity contribution in [2.45, 2.75) is 110 Å². The fourth-order valence-electron chi connectivity index (χ4n) is 2.66. The molecule has 0 fully saturated rings. The van der Waals surface area contributed by atoms with E-state index >= 15 is 0 Å². The van der Waals surface area contributed by atoms with Gasteiger partial charge in [-0.3, -0.25) is 5.41 Å². The minimum absolute atomic E-state index is 0.373. The Morgan fingerprint density at radius 3 is 1.09 bits per heavy atom. The topological polar surface area (TPSA) is 44.1 Å². The van der Waals surface area contributed by atoms with Gasteiger partial charge in [0.05, 0.1) is 0 Å². The summed E-state index contributed by atoms with van der Waals surface area (Å²) in [6, 6.07) is 0. The molecule has 0 aromatic heterocycles. The first-order chi connectivity index (χ1) is 10.8. The Bertz CT molecular complexity index is 194. The monoisotopic (exact) mass is 311 g/mol. The lowest BCUT2D eigenvalue weighted by Gasteiger charge is -2.03. The highest BCUT2D eigenvalue weighted by molar-refractivity contribution is 5.41. The average Bonchev–Trinajstić information content (AvgIpc) is 2.52. The Morgan fingerprint density at radius 2 is 0.864 bits per heavy atom. The predicted octanol–water partition coefficient (Wildman–Crippen LogP) is 6.66. The Labute approximate surface area is 139 Å². The van der Waals surface area contributed by atoms with Gasteiger partial charge in [-0.15, -0.1) is 0 Å². The standard InChI is InChI=1S/C18H38O.C2H3N/c1-2-3-4-5-6-7-8-9-10-11-12-13-14-15-16-17-18-19;1-2-3/h19H,2-18H2,1H3;3H,1H2. The van der Waals surface area contributed by atoms with E-state index in [4.69, 9.17) is 10.5 Å². The molecule has 0 saturated carbocycles. The molecule has 0 atom stereocenters. The summed E-state index contributed by atoms with van der Waals surface area (Å²) in [7, 11) is 0. The van der Waals surface area contributed by atoms with Crippen LogP contribution in [0.2, 0.25) is 0 Å². The fraction of sp³-hybridized carbons (Fsp3) is 0.900. The van der Waals surface area contributed by atoms with Crippen LogP contribution >= 0.6 is 0 Å². The summed E-state index contributed by atoms with van der Waals surface area (Å²) in [6.45, 7) is 5.56. The third-order valence-corrected chi connectivity index (χ3v) is 4.01. The molecule has 0 aliphatic heterocycles. The van der Waals surface area contributed by atoms with E-state index in [9.17, 15) is 0 Å². The molecule has 2 N–H and O–H groups in total. The molecule has 0 aromatic carbocycles. The quantitative estimate of drug-likeness (QED) is 0.243. The number of hydrogen-bond donors (Lipinski definition) is 2. The number of aliphatic hydroxyl groups excluding tert-OH is 1. The predicted molar refractivity (Wildman–Crippen MR) is 100.0 cm³/mol. The highest BCUT2D eigenvalue weighted by atomic mass is 16.2. The maximum Gasteiger partial charge on any atom is 0.0431 e. The van der Waals surface area contributed by atoms with Gasteiger partial charge in [-0.05, 0) is 18.9 Å². The molecular weight excluding hydrogens is 270 g/mol. The number of hydrogen-bond acceptors (Lipinski definition) is 2. The molecule has 0 unspecified atom stereocenters. The Morgan fingerprint density at radius 1 is 0.636 bits per heavy atom. The van der Waals surface area contributed by atoms with Crippen LogP contribution in [0.15, 0.2) is 6.58 Å². The van der Waals surface area contributed by atoms with Crippen molar-refractivity contribution in [1.82, 2.24) is 0 Å². The molecule has 0 rings (SSSR count). The summed E-state index contributed by atoms with van der Waals surface area (Å²) in [4.78, 5) is 0. The zero-order chi connectivity index (χ0) is 16.7. The van der Waals surface area contributed by atoms with Gasteiger partial charge in [-0.2, -0.15) is 0 Å². The molecule has 0 spiro atoms. The summed E-state index contributed by atoms with van der Waals surface area (Å²) in [5.74, 6) is 1.75. The van der Waals surface area contributed by atoms with E-state index in [1.807, 2.05) is 0 Å². The van der Waals surface area contributed by atoms with E-state index in [1.165, 1.54) is 96.3 Å². The second-order valence-corrected chi connectivity index (χ2v) is 6.20. The molecule has 0 amide bonds. The van der Waals surface area contributed by atoms with Crippen molar-refractivity contribution in [1.29, 1.82) is 5.41 Å². The van der Waals surface area contributed by atoms with E-state index in [0.29, 0.717) is 6.61 Å². The fourth-order valence-corrected chi connectivity index (χ4v) is 2.66. The first-order valence-corrected chi connectivity index (χ1v) is 9.63. The Kier molecular flexibility index (Phi) is 27.3. The molecular formula is C20H41NO. The van der Waals surface area contributed by atoms with Crippen molar-refractivity contribution < 1.29 is 5.11 Å². The lowest BCUT2D eigenvalue weighted by molar-refractivity contribution is 0.282. The summed E-state index contributed by atoms with van der Waals surface area (Å²) in [5, 5.41) is 14.5. The third-order valence-electron chi connectivity index (χ3n) is 4.01. The maximum absolute atomic E-state index is 8.67. The van der Waals surface area contributed by atoms with Gasteiger partial charge in [0.2, 0.25) is 0 Å². The van der Waals surface area contributed by atoms with E-state index in [-0.39, 0.29) is 0 Å². The molecule has 0 saturated heterocycles. The molecule has 2 heteroatoms. The molecule has 0 heterocycles. The van der Waals surface area contributed by atoms with Crippen LogP contribution in [0.1, 0.15) is 110 Å². The van der Waals surface area contributed by atoms with Gasteiger partial charge in [-0.25, -0.2) is 0 Å². The highest BCUT2D eigenvalue weighted by Crippen LogP contribution is 2.13. The zero-order valence-corrected chi connectivity index (χ0v) is 15.2. The van der Waals surface area contributed by atoms with Crippen LogP contribution in [0.3, 0.4) is 0 Å². The van der Waals surface area contributed by atoms with Crippen molar-refractivity contribution in [3.63, 3.8) is 0 Å². The minimum atomic E-state index is 0.373. The molecule has 2 nitrogen and oxygen atoms in total. The van der Waals surface area contributed by atoms with Gasteiger partial charge < -0.3 is 5.11 Å². The van der Waals surface area contributed by atoms with Crippen molar-refractivity contribution in [3.8, 4) is 0 Å². The number of aliphatic hydroxyl groups is 1. The largest absolute Gasteiger partial charge is 0.396 e. The van der Waals surface area contributed by atoms with Gasteiger partial charge in [0.25, 0.3) is 0 Å². The van der Waals surface area contributed by atoms with Crippen LogP contribution in [-0.4, -0.2) is 17.6 Å². The van der Waals surface area contributed by atoms with E-state index in [2.05, 4.69) is 13.5 Å². The smallest absolute Gasteiger partial charge is 0.0431 e. The number of unbranched alkanes of at least 4 members (excludes halogenated alkanes) is 15. The summed E-state index contributed by atoms with van der Waals surface area (Å²) < 4.78 is 0. The molecule has 0 aliphatic rings. The van der Waals surface area contributed by atoms with E-state index in [1.54, 1.807) is 5.87 Å². The molecule has 0 radical (unpaired) electrons. The first kappa shape index (κ1) is 23.7. The number of nitrogens with one attached hydrogen (secondary N) is 1. The normalized spacial score (nSPS) is 9.91. The second-order valence-electron chi connectivity index (χ2n) is 6.20. The zero-order valence-electron chi connectivity index (χ0n) is 15.2. The maximum atomic E-state index is 8.67. The van der Waals surface area contributed by atoms with Gasteiger partial charge in [0.1, 0.15) is 0 Å². The lowest BCUT2D eigenvalue weighted by atomic mass is 10.0. The van der Waals surface area contributed by atoms with Gasteiger partial charge >= 0.3 is 0 Å². The summed E-state index contributed by atoms with van der Waals surface area (Å²) in [6.07, 6.45) is 22.2. The van der Waals surface area contributed by atoms with Crippen molar-refractivity contribution in [2.75, 3.05) is 6.61 Å². The van der Waals surface area contributed by atoms with Gasteiger partial charge in [-0.1, -0.05) is 103 Å². The Hall–Kier alpha value is -0.590. The van der Waals surface area contributed by atoms with Crippen LogP contribution < -0.4 is 0 Å². The van der Waals surface area contributed by atoms with Crippen LogP contribution in [0.25, 0.3) is 0 Å². The average molecular weight is 312 g/mol. The molecule has 0 aliphatic carbocycles. The van der Waals surface area contributed by atoms with E-state index < -0.39 is 0 Å². The van der Waals surface area contributed by atoms with Crippen LogP contribution in [0.4, 0.5) is 0 Å². The third kappa shape index (κ3) is 27.7. The molecule has 22 heavy (non-hydrogen) atoms. The van der Waals surface area contributed by atoms with Crippen molar-refractivity contribution >= 4 is 5.87 Å². The summed E-state index contributed by atoms with van der Waals surface area (Å²) >= 11 is 0. The van der Waals surface area contributed by atoms with Crippen LogP contribution in [-0.2, 0) is 0 Å². The van der Waals surface area contributed by atoms with Crippen LogP contribution in [0.5, 0.6) is 0 Å². The van der Waals surface area contributed by atoms with Gasteiger partial charge in [0, 0.05) is 6.61 Å². The van der Waals surface area contributed by atoms with Crippen molar-refractivity contribution in [3.05, 3.63) is 6.58 Å². The second kappa shape index (κ2) is 25.4. The van der Waals surface area contributed by atoms with E-state index in [0.717, 1.165) is 6.42 Å². The lowest BCUT2D eigenvalue weighted by Crippen LogP contribution is -1.85. The first-order valence-electron chi connectivity index (χ1n) is 9.63. The SMILES string of the molecule is C=C=N.CCCCCCCCCCCCCCCCCCO. The minimum Gasteiger partial charge on any atom is -0.396 e.